The summed E-state index contributed by atoms with van der Waals surface area (Å²) < 4.78 is 54.7. The van der Waals surface area contributed by atoms with Crippen molar-refractivity contribution in [2.45, 2.75) is 45.0 Å². The number of hydrogen-bond acceptors (Lipinski definition) is 2. The molecule has 0 bridgehead atoms. The monoisotopic (exact) mass is 307 g/mol. The van der Waals surface area contributed by atoms with Gasteiger partial charge in [0, 0.05) is 25.6 Å². The molecule has 1 atom stereocenters. The summed E-state index contributed by atoms with van der Waals surface area (Å²) in [5.74, 6) is -0.355. The van der Waals surface area contributed by atoms with Crippen LogP contribution in [0.25, 0.3) is 0 Å². The minimum Gasteiger partial charge on any atom is -0.372 e. The Hall–Kier alpha value is -1.14. The molecule has 0 fully saturated rings. The minimum atomic E-state index is -4.16. The summed E-state index contributed by atoms with van der Waals surface area (Å²) in [5.41, 5.74) is 0.747. The Morgan fingerprint density at radius 1 is 1.14 bits per heavy atom. The first-order chi connectivity index (χ1) is 9.78. The number of nitrogens with one attached hydrogen (secondary N) is 1. The van der Waals surface area contributed by atoms with Gasteiger partial charge in [0.1, 0.15) is 5.82 Å². The molecule has 0 spiro atoms. The molecule has 1 rings (SSSR count). The highest BCUT2D eigenvalue weighted by Gasteiger charge is 2.26. The summed E-state index contributed by atoms with van der Waals surface area (Å²) in [4.78, 5) is 0. The van der Waals surface area contributed by atoms with Gasteiger partial charge in [-0.15, -0.1) is 0 Å². The summed E-state index contributed by atoms with van der Waals surface area (Å²) >= 11 is 0. The Morgan fingerprint density at radius 2 is 1.76 bits per heavy atom. The van der Waals surface area contributed by atoms with Crippen LogP contribution in [0.3, 0.4) is 0 Å². The molecule has 0 radical (unpaired) electrons. The molecule has 0 aromatic heterocycles. The van der Waals surface area contributed by atoms with Crippen LogP contribution < -0.4 is 5.32 Å². The summed E-state index contributed by atoms with van der Waals surface area (Å²) in [6.45, 7) is 4.41. The Balaban J connectivity index is 2.54. The number of hydrogen-bond donors (Lipinski definition) is 1. The standard InChI is InChI=1S/C15H21F4NO/c1-11(2)20-10-14(12-4-6-13(16)7-5-12)21-9-3-8-15(17,18)19/h4-7,11,14,20H,3,8-10H2,1-2H3. The molecule has 0 aliphatic heterocycles. The molecule has 0 heterocycles. The second-order valence-corrected chi connectivity index (χ2v) is 5.19. The molecule has 1 N–H and O–H groups in total. The highest BCUT2D eigenvalue weighted by Crippen LogP contribution is 2.23. The second kappa shape index (κ2) is 8.34. The smallest absolute Gasteiger partial charge is 0.372 e. The molecular formula is C15H21F4NO. The Bertz CT molecular complexity index is 403. The van der Waals surface area contributed by atoms with E-state index in [9.17, 15) is 17.6 Å². The van der Waals surface area contributed by atoms with E-state index in [4.69, 9.17) is 4.74 Å². The van der Waals surface area contributed by atoms with Gasteiger partial charge in [0.15, 0.2) is 0 Å². The molecule has 120 valence electrons. The van der Waals surface area contributed by atoms with Gasteiger partial charge in [-0.25, -0.2) is 4.39 Å². The third-order valence-electron chi connectivity index (χ3n) is 2.88. The van der Waals surface area contributed by atoms with Crippen LogP contribution in [0.15, 0.2) is 24.3 Å². The van der Waals surface area contributed by atoms with E-state index in [1.165, 1.54) is 12.1 Å². The fourth-order valence-electron chi connectivity index (χ4n) is 1.79. The van der Waals surface area contributed by atoms with Crippen molar-refractivity contribution in [1.82, 2.24) is 5.32 Å². The second-order valence-electron chi connectivity index (χ2n) is 5.19. The van der Waals surface area contributed by atoms with Crippen LogP contribution in [0.5, 0.6) is 0 Å². The molecule has 1 unspecified atom stereocenters. The van der Waals surface area contributed by atoms with Crippen LogP contribution in [0.2, 0.25) is 0 Å². The molecule has 0 saturated carbocycles. The van der Waals surface area contributed by atoms with E-state index in [-0.39, 0.29) is 31.0 Å². The predicted molar refractivity (Wildman–Crippen MR) is 73.5 cm³/mol. The van der Waals surface area contributed by atoms with Gasteiger partial charge in [0.2, 0.25) is 0 Å². The van der Waals surface area contributed by atoms with Crippen LogP contribution in [0, 0.1) is 5.82 Å². The summed E-state index contributed by atoms with van der Waals surface area (Å²) in [6.07, 6.45) is -5.49. The van der Waals surface area contributed by atoms with Crippen molar-refractivity contribution < 1.29 is 22.3 Å². The Morgan fingerprint density at radius 3 is 2.29 bits per heavy atom. The van der Waals surface area contributed by atoms with Crippen molar-refractivity contribution in [1.29, 1.82) is 0 Å². The number of benzene rings is 1. The zero-order valence-corrected chi connectivity index (χ0v) is 12.2. The maximum absolute atomic E-state index is 12.9. The molecule has 0 saturated heterocycles. The van der Waals surface area contributed by atoms with Gasteiger partial charge in [-0.2, -0.15) is 13.2 Å². The zero-order chi connectivity index (χ0) is 15.9. The number of ether oxygens (including phenoxy) is 1. The largest absolute Gasteiger partial charge is 0.389 e. The third-order valence-corrected chi connectivity index (χ3v) is 2.88. The van der Waals surface area contributed by atoms with Crippen LogP contribution in [-0.4, -0.2) is 25.4 Å². The SMILES string of the molecule is CC(C)NCC(OCCCC(F)(F)F)c1ccc(F)cc1. The fourth-order valence-corrected chi connectivity index (χ4v) is 1.79. The van der Waals surface area contributed by atoms with E-state index >= 15 is 0 Å². The van der Waals surface area contributed by atoms with Crippen molar-refractivity contribution in [3.63, 3.8) is 0 Å². The topological polar surface area (TPSA) is 21.3 Å². The van der Waals surface area contributed by atoms with Crippen LogP contribution >= 0.6 is 0 Å². The van der Waals surface area contributed by atoms with Crippen LogP contribution in [-0.2, 0) is 4.74 Å². The van der Waals surface area contributed by atoms with Crippen molar-refractivity contribution in [3.05, 3.63) is 35.6 Å². The maximum Gasteiger partial charge on any atom is 0.389 e. The molecular weight excluding hydrogens is 286 g/mol. The molecule has 2 nitrogen and oxygen atoms in total. The molecule has 1 aromatic rings. The van der Waals surface area contributed by atoms with Gasteiger partial charge in [-0.05, 0) is 24.1 Å². The lowest BCUT2D eigenvalue weighted by Crippen LogP contribution is -2.29. The summed E-state index contributed by atoms with van der Waals surface area (Å²) in [7, 11) is 0. The molecule has 1 aromatic carbocycles. The zero-order valence-electron chi connectivity index (χ0n) is 12.2. The average Bonchev–Trinajstić information content (AvgIpc) is 2.38. The van der Waals surface area contributed by atoms with Gasteiger partial charge >= 0.3 is 6.18 Å². The van der Waals surface area contributed by atoms with Crippen LogP contribution in [0.4, 0.5) is 17.6 Å². The van der Waals surface area contributed by atoms with E-state index in [0.717, 1.165) is 5.56 Å². The molecule has 21 heavy (non-hydrogen) atoms. The van der Waals surface area contributed by atoms with Gasteiger partial charge < -0.3 is 10.1 Å². The lowest BCUT2D eigenvalue weighted by molar-refractivity contribution is -0.138. The molecule has 0 aliphatic rings. The van der Waals surface area contributed by atoms with E-state index in [2.05, 4.69) is 5.32 Å². The van der Waals surface area contributed by atoms with Gasteiger partial charge in [0.25, 0.3) is 0 Å². The van der Waals surface area contributed by atoms with Gasteiger partial charge in [0.05, 0.1) is 6.10 Å². The van der Waals surface area contributed by atoms with E-state index in [1.807, 2.05) is 13.8 Å². The average molecular weight is 307 g/mol. The van der Waals surface area contributed by atoms with Gasteiger partial charge in [-0.3, -0.25) is 0 Å². The molecule has 6 heteroatoms. The quantitative estimate of drug-likeness (QED) is 0.573. The van der Waals surface area contributed by atoms with Crippen molar-refractivity contribution >= 4 is 0 Å². The number of halogens is 4. The van der Waals surface area contributed by atoms with Gasteiger partial charge in [-0.1, -0.05) is 26.0 Å². The highest BCUT2D eigenvalue weighted by molar-refractivity contribution is 5.19. The number of rotatable bonds is 8. The van der Waals surface area contributed by atoms with E-state index < -0.39 is 12.6 Å². The molecule has 0 amide bonds. The third kappa shape index (κ3) is 8.02. The lowest BCUT2D eigenvalue weighted by Gasteiger charge is -2.20. The predicted octanol–water partition coefficient (Wildman–Crippen LogP) is 4.22. The maximum atomic E-state index is 12.9. The first-order valence-electron chi connectivity index (χ1n) is 6.95. The first-order valence-corrected chi connectivity index (χ1v) is 6.95. The van der Waals surface area contributed by atoms with Crippen LogP contribution in [0.1, 0.15) is 38.4 Å². The Labute approximate surface area is 122 Å². The molecule has 0 aliphatic carbocycles. The fraction of sp³-hybridized carbons (Fsp3) is 0.600. The van der Waals surface area contributed by atoms with Crippen molar-refractivity contribution in [3.8, 4) is 0 Å². The first kappa shape index (κ1) is 17.9. The minimum absolute atomic E-state index is 0.0152. The summed E-state index contributed by atoms with van der Waals surface area (Å²) in [5, 5.41) is 3.17. The summed E-state index contributed by atoms with van der Waals surface area (Å²) in [6, 6.07) is 6.04. The normalized spacial score (nSPS) is 13.7. The number of alkyl halides is 3. The Kier molecular flexibility index (Phi) is 7.11. The highest BCUT2D eigenvalue weighted by atomic mass is 19.4. The van der Waals surface area contributed by atoms with Crippen molar-refractivity contribution in [2.24, 2.45) is 0 Å². The van der Waals surface area contributed by atoms with Crippen molar-refractivity contribution in [2.75, 3.05) is 13.2 Å². The lowest BCUT2D eigenvalue weighted by atomic mass is 10.1. The van der Waals surface area contributed by atoms with E-state index in [1.54, 1.807) is 12.1 Å². The van der Waals surface area contributed by atoms with E-state index in [0.29, 0.717) is 6.54 Å².